The van der Waals surface area contributed by atoms with Crippen molar-refractivity contribution in [3.63, 3.8) is 0 Å². The van der Waals surface area contributed by atoms with E-state index in [0.29, 0.717) is 26.1 Å². The van der Waals surface area contributed by atoms with E-state index in [2.05, 4.69) is 15.3 Å². The number of anilines is 1. The lowest BCUT2D eigenvalue weighted by molar-refractivity contribution is -0.0779. The first-order valence-electron chi connectivity index (χ1n) is 9.81. The zero-order valence-corrected chi connectivity index (χ0v) is 16.5. The highest BCUT2D eigenvalue weighted by Crippen LogP contribution is 2.24. The van der Waals surface area contributed by atoms with Crippen LogP contribution in [0.2, 0.25) is 0 Å². The first-order valence-corrected chi connectivity index (χ1v) is 9.81. The second-order valence-corrected chi connectivity index (χ2v) is 7.51. The van der Waals surface area contributed by atoms with E-state index in [0.717, 1.165) is 12.3 Å². The van der Waals surface area contributed by atoms with Gasteiger partial charge in [-0.1, -0.05) is 0 Å². The summed E-state index contributed by atoms with van der Waals surface area (Å²) in [5, 5.41) is 49.7. The van der Waals surface area contributed by atoms with Crippen LogP contribution in [0.3, 0.4) is 0 Å². The normalized spacial score (nSPS) is 19.5. The van der Waals surface area contributed by atoms with Crippen LogP contribution in [0.1, 0.15) is 23.2 Å². The molecule has 3 heterocycles. The van der Waals surface area contributed by atoms with Crippen molar-refractivity contribution >= 4 is 22.8 Å². The highest BCUT2D eigenvalue weighted by Gasteiger charge is 2.28. The average Bonchev–Trinajstić information content (AvgIpc) is 3.21. The molecule has 1 aliphatic rings. The van der Waals surface area contributed by atoms with E-state index >= 15 is 0 Å². The van der Waals surface area contributed by atoms with Gasteiger partial charge in [0.15, 0.2) is 11.6 Å². The van der Waals surface area contributed by atoms with Gasteiger partial charge in [0, 0.05) is 25.3 Å². The lowest BCUT2D eigenvalue weighted by Crippen LogP contribution is -2.42. The van der Waals surface area contributed by atoms with Gasteiger partial charge >= 0.3 is 5.97 Å². The van der Waals surface area contributed by atoms with E-state index in [1.807, 2.05) is 0 Å². The fraction of sp³-hybridized carbons (Fsp3) is 0.526. The average molecular weight is 440 g/mol. The molecule has 11 nitrogen and oxygen atoms in total. The molecule has 0 aliphatic carbocycles. The van der Waals surface area contributed by atoms with E-state index in [4.69, 9.17) is 10.2 Å². The SMILES string of the molecule is O=C(O)c1c[nH]c2nc(N3CCC(NCC[C@H](O)[C@H](O)[C@H](O)CO)C3)c(F)cc2c1=O. The number of aromatic amines is 1. The van der Waals surface area contributed by atoms with Crippen molar-refractivity contribution in [1.29, 1.82) is 0 Å². The molecule has 1 saturated heterocycles. The highest BCUT2D eigenvalue weighted by atomic mass is 19.1. The molecule has 0 spiro atoms. The molecule has 1 unspecified atom stereocenters. The number of pyridine rings is 2. The molecule has 7 N–H and O–H groups in total. The number of hydrogen-bond donors (Lipinski definition) is 7. The first-order chi connectivity index (χ1) is 14.7. The number of aromatic carboxylic acids is 1. The number of carboxylic acid groups (broad SMARTS) is 1. The molecule has 0 bridgehead atoms. The van der Waals surface area contributed by atoms with Gasteiger partial charge in [0.2, 0.25) is 5.43 Å². The van der Waals surface area contributed by atoms with Crippen molar-refractivity contribution in [2.45, 2.75) is 37.2 Å². The number of aliphatic hydroxyl groups excluding tert-OH is 4. The van der Waals surface area contributed by atoms with Gasteiger partial charge in [-0.2, -0.15) is 0 Å². The third-order valence-corrected chi connectivity index (χ3v) is 5.37. The summed E-state index contributed by atoms with van der Waals surface area (Å²) in [6.07, 6.45) is -2.25. The van der Waals surface area contributed by atoms with E-state index in [1.165, 1.54) is 0 Å². The second kappa shape index (κ2) is 9.66. The lowest BCUT2D eigenvalue weighted by Gasteiger charge is -2.22. The van der Waals surface area contributed by atoms with Crippen molar-refractivity contribution in [2.75, 3.05) is 31.1 Å². The van der Waals surface area contributed by atoms with Crippen LogP contribution in [0.15, 0.2) is 17.1 Å². The Labute approximate surface area is 175 Å². The van der Waals surface area contributed by atoms with E-state index in [1.54, 1.807) is 4.90 Å². The summed E-state index contributed by atoms with van der Waals surface area (Å²) in [5.74, 6) is -2.11. The van der Waals surface area contributed by atoms with Gasteiger partial charge in [0.05, 0.1) is 18.1 Å². The number of fused-ring (bicyclic) bond motifs is 1. The van der Waals surface area contributed by atoms with Crippen LogP contribution in [-0.4, -0.2) is 92.1 Å². The number of aromatic nitrogens is 2. The molecular weight excluding hydrogens is 415 g/mol. The van der Waals surface area contributed by atoms with E-state index < -0.39 is 47.7 Å². The maximum absolute atomic E-state index is 14.6. The molecule has 0 radical (unpaired) electrons. The highest BCUT2D eigenvalue weighted by molar-refractivity contribution is 5.91. The number of nitrogens with zero attached hydrogens (tertiary/aromatic N) is 2. The van der Waals surface area contributed by atoms with Gasteiger partial charge in [0.25, 0.3) is 0 Å². The molecule has 2 aromatic rings. The van der Waals surface area contributed by atoms with Gasteiger partial charge < -0.3 is 40.7 Å². The Balaban J connectivity index is 1.63. The van der Waals surface area contributed by atoms with Crippen molar-refractivity contribution in [3.8, 4) is 0 Å². The van der Waals surface area contributed by atoms with Crippen LogP contribution < -0.4 is 15.6 Å². The monoisotopic (exact) mass is 440 g/mol. The Morgan fingerprint density at radius 1 is 1.35 bits per heavy atom. The van der Waals surface area contributed by atoms with Crippen molar-refractivity contribution < 1.29 is 34.7 Å². The van der Waals surface area contributed by atoms with Gasteiger partial charge in [0.1, 0.15) is 23.4 Å². The molecule has 2 aromatic heterocycles. The maximum Gasteiger partial charge on any atom is 0.341 e. The number of rotatable bonds is 9. The van der Waals surface area contributed by atoms with Gasteiger partial charge in [-0.05, 0) is 25.5 Å². The van der Waals surface area contributed by atoms with Crippen LogP contribution in [0.4, 0.5) is 10.2 Å². The Morgan fingerprint density at radius 3 is 2.77 bits per heavy atom. The number of hydrogen-bond acceptors (Lipinski definition) is 9. The molecule has 1 fully saturated rings. The zero-order chi connectivity index (χ0) is 22.7. The first kappa shape index (κ1) is 23.0. The predicted molar refractivity (Wildman–Crippen MR) is 108 cm³/mol. The largest absolute Gasteiger partial charge is 0.477 e. The molecule has 170 valence electrons. The molecule has 0 aromatic carbocycles. The van der Waals surface area contributed by atoms with Crippen LogP contribution >= 0.6 is 0 Å². The maximum atomic E-state index is 14.6. The Morgan fingerprint density at radius 2 is 2.10 bits per heavy atom. The number of H-pyrrole nitrogens is 1. The molecule has 12 heteroatoms. The van der Waals surface area contributed by atoms with Crippen LogP contribution in [-0.2, 0) is 0 Å². The third kappa shape index (κ3) is 4.99. The summed E-state index contributed by atoms with van der Waals surface area (Å²) in [6, 6.07) is 0.936. The molecular formula is C19H25FN4O7. The summed E-state index contributed by atoms with van der Waals surface area (Å²) >= 11 is 0. The predicted octanol–water partition coefficient (Wildman–Crippen LogP) is -1.61. The second-order valence-electron chi connectivity index (χ2n) is 7.51. The Bertz CT molecular complexity index is 1000. The molecule has 0 saturated carbocycles. The summed E-state index contributed by atoms with van der Waals surface area (Å²) < 4.78 is 14.6. The topological polar surface area (TPSA) is 179 Å². The molecule has 4 atom stereocenters. The van der Waals surface area contributed by atoms with Crippen molar-refractivity contribution in [3.05, 3.63) is 33.9 Å². The van der Waals surface area contributed by atoms with Gasteiger partial charge in [-0.3, -0.25) is 4.79 Å². The van der Waals surface area contributed by atoms with Crippen LogP contribution in [0.25, 0.3) is 11.0 Å². The van der Waals surface area contributed by atoms with E-state index in [-0.39, 0.29) is 29.3 Å². The molecule has 3 rings (SSSR count). The Kier molecular flexibility index (Phi) is 7.18. The summed E-state index contributed by atoms with van der Waals surface area (Å²) in [4.78, 5) is 31.7. The lowest BCUT2D eigenvalue weighted by atomic mass is 10.1. The van der Waals surface area contributed by atoms with E-state index in [9.17, 15) is 29.3 Å². The Hall–Kier alpha value is -2.64. The molecule has 1 aliphatic heterocycles. The molecule has 0 amide bonds. The number of carbonyl (C=O) groups is 1. The van der Waals surface area contributed by atoms with Gasteiger partial charge in [-0.15, -0.1) is 0 Å². The zero-order valence-electron chi connectivity index (χ0n) is 16.5. The number of halogens is 1. The smallest absolute Gasteiger partial charge is 0.341 e. The number of nitrogens with one attached hydrogen (secondary N) is 2. The third-order valence-electron chi connectivity index (χ3n) is 5.37. The molecule has 31 heavy (non-hydrogen) atoms. The van der Waals surface area contributed by atoms with Crippen molar-refractivity contribution in [2.24, 2.45) is 0 Å². The van der Waals surface area contributed by atoms with Crippen molar-refractivity contribution in [1.82, 2.24) is 15.3 Å². The summed E-state index contributed by atoms with van der Waals surface area (Å²) in [6.45, 7) is 0.563. The summed E-state index contributed by atoms with van der Waals surface area (Å²) in [5.41, 5.74) is -1.22. The minimum Gasteiger partial charge on any atom is -0.477 e. The minimum atomic E-state index is -1.45. The summed E-state index contributed by atoms with van der Waals surface area (Å²) in [7, 11) is 0. The quantitative estimate of drug-likeness (QED) is 0.240. The fourth-order valence-electron chi connectivity index (χ4n) is 3.58. The fourth-order valence-corrected chi connectivity index (χ4v) is 3.58. The number of aliphatic hydroxyl groups is 4. The minimum absolute atomic E-state index is 0.0389. The van der Waals surface area contributed by atoms with Gasteiger partial charge in [-0.25, -0.2) is 14.2 Å². The standard InChI is InChI=1S/C19H25FN4O7/c20-12-5-10-15(28)11(19(30)31)6-22-17(10)23-18(12)24-4-2-9(7-24)21-3-1-13(26)16(29)14(27)8-25/h5-6,9,13-14,16,21,25-27,29H,1-4,7-8H2,(H,30,31)(H,22,23,28)/t9?,13-,14+,16-/m0/s1. The van der Waals surface area contributed by atoms with Crippen LogP contribution in [0.5, 0.6) is 0 Å². The van der Waals surface area contributed by atoms with Crippen LogP contribution in [0, 0.1) is 5.82 Å². The number of carboxylic acids is 1.